The summed E-state index contributed by atoms with van der Waals surface area (Å²) in [5.41, 5.74) is 0. The normalized spacial score (nSPS) is 31.5. The van der Waals surface area contributed by atoms with Crippen molar-refractivity contribution in [3.63, 3.8) is 0 Å². The first-order valence-corrected chi connectivity index (χ1v) is 6.70. The number of imide groups is 1. The lowest BCUT2D eigenvalue weighted by Crippen LogP contribution is -2.42. The molecule has 1 aliphatic carbocycles. The zero-order chi connectivity index (χ0) is 12.3. The number of hydrogen-bond donors (Lipinski definition) is 1. The number of rotatable bonds is 2. The smallest absolute Gasteiger partial charge is 0.229 e. The molecule has 2 unspecified atom stereocenters. The number of aliphatic hydroxyl groups is 1. The van der Waals surface area contributed by atoms with Gasteiger partial charge < -0.3 is 5.11 Å². The molecule has 1 saturated heterocycles. The Labute approximate surface area is 102 Å². The molecule has 96 valence electrons. The number of carbonyl (C=O) groups is 2. The van der Waals surface area contributed by atoms with Crippen molar-refractivity contribution in [1.29, 1.82) is 0 Å². The summed E-state index contributed by atoms with van der Waals surface area (Å²) in [6.07, 6.45) is 6.13. The summed E-state index contributed by atoms with van der Waals surface area (Å²) >= 11 is 0. The van der Waals surface area contributed by atoms with Crippen molar-refractivity contribution < 1.29 is 14.7 Å². The molecule has 0 bridgehead atoms. The second-order valence-corrected chi connectivity index (χ2v) is 5.22. The van der Waals surface area contributed by atoms with Crippen LogP contribution in [-0.4, -0.2) is 34.5 Å². The monoisotopic (exact) mass is 239 g/mol. The van der Waals surface area contributed by atoms with Gasteiger partial charge in [0.05, 0.1) is 6.10 Å². The average Bonchev–Trinajstić information content (AvgIpc) is 2.47. The topological polar surface area (TPSA) is 57.6 Å². The van der Waals surface area contributed by atoms with Crippen LogP contribution in [0, 0.1) is 5.92 Å². The van der Waals surface area contributed by atoms with Crippen molar-refractivity contribution in [2.45, 2.75) is 57.5 Å². The molecular formula is C13H21NO3. The maximum Gasteiger partial charge on any atom is 0.229 e. The quantitative estimate of drug-likeness (QED) is 0.742. The van der Waals surface area contributed by atoms with Crippen LogP contribution >= 0.6 is 0 Å². The fourth-order valence-corrected chi connectivity index (χ4v) is 2.80. The second kappa shape index (κ2) is 5.63. The van der Waals surface area contributed by atoms with Gasteiger partial charge in [0, 0.05) is 25.3 Å². The van der Waals surface area contributed by atoms with Gasteiger partial charge in [-0.1, -0.05) is 12.8 Å². The molecule has 2 amide bonds. The molecule has 0 aromatic carbocycles. The number of hydrogen-bond acceptors (Lipinski definition) is 3. The van der Waals surface area contributed by atoms with E-state index in [4.69, 9.17) is 0 Å². The van der Waals surface area contributed by atoms with E-state index in [1.807, 2.05) is 0 Å². The van der Waals surface area contributed by atoms with E-state index in [2.05, 4.69) is 0 Å². The highest BCUT2D eigenvalue weighted by molar-refractivity contribution is 5.96. The van der Waals surface area contributed by atoms with Crippen LogP contribution in [-0.2, 0) is 9.59 Å². The predicted octanol–water partition coefficient (Wildman–Crippen LogP) is 1.47. The standard InChI is InChI=1S/C13H21NO3/c15-11-6-2-1-5-10(11)9-14-12(16)7-3-4-8-13(14)17/h10-11,15H,1-9H2. The Balaban J connectivity index is 1.99. The van der Waals surface area contributed by atoms with Crippen LogP contribution in [0.3, 0.4) is 0 Å². The minimum Gasteiger partial charge on any atom is -0.393 e. The molecule has 4 heteroatoms. The van der Waals surface area contributed by atoms with Crippen molar-refractivity contribution in [3.05, 3.63) is 0 Å². The van der Waals surface area contributed by atoms with Gasteiger partial charge >= 0.3 is 0 Å². The largest absolute Gasteiger partial charge is 0.393 e. The zero-order valence-corrected chi connectivity index (χ0v) is 10.2. The SMILES string of the molecule is O=C1CCCCC(=O)N1CC1CCCCC1O. The number of carbonyl (C=O) groups excluding carboxylic acids is 2. The number of aliphatic hydroxyl groups excluding tert-OH is 1. The molecule has 0 spiro atoms. The summed E-state index contributed by atoms with van der Waals surface area (Å²) in [6.45, 7) is 0.429. The van der Waals surface area contributed by atoms with Gasteiger partial charge in [-0.15, -0.1) is 0 Å². The Morgan fingerprint density at radius 2 is 1.59 bits per heavy atom. The second-order valence-electron chi connectivity index (χ2n) is 5.22. The van der Waals surface area contributed by atoms with E-state index in [9.17, 15) is 14.7 Å². The summed E-state index contributed by atoms with van der Waals surface area (Å²) in [4.78, 5) is 25.1. The van der Waals surface area contributed by atoms with Crippen molar-refractivity contribution in [3.8, 4) is 0 Å². The third kappa shape index (κ3) is 3.06. The Bertz CT molecular complexity index is 285. The van der Waals surface area contributed by atoms with Crippen molar-refractivity contribution >= 4 is 11.8 Å². The Morgan fingerprint density at radius 1 is 1.00 bits per heavy atom. The van der Waals surface area contributed by atoms with Gasteiger partial charge in [-0.25, -0.2) is 0 Å². The molecule has 2 fully saturated rings. The first kappa shape index (κ1) is 12.6. The van der Waals surface area contributed by atoms with Crippen LogP contribution in [0.4, 0.5) is 0 Å². The maximum absolute atomic E-state index is 11.8. The van der Waals surface area contributed by atoms with Crippen LogP contribution in [0.15, 0.2) is 0 Å². The van der Waals surface area contributed by atoms with Gasteiger partial charge in [-0.3, -0.25) is 14.5 Å². The molecule has 1 heterocycles. The van der Waals surface area contributed by atoms with Gasteiger partial charge in [0.25, 0.3) is 0 Å². The first-order valence-electron chi connectivity index (χ1n) is 6.70. The minimum atomic E-state index is -0.340. The van der Waals surface area contributed by atoms with Crippen molar-refractivity contribution in [2.75, 3.05) is 6.54 Å². The lowest BCUT2D eigenvalue weighted by Gasteiger charge is -2.31. The molecule has 0 aromatic heterocycles. The molecule has 2 atom stereocenters. The van der Waals surface area contributed by atoms with E-state index in [1.165, 1.54) is 4.90 Å². The van der Waals surface area contributed by atoms with E-state index >= 15 is 0 Å². The van der Waals surface area contributed by atoms with Crippen LogP contribution < -0.4 is 0 Å². The summed E-state index contributed by atoms with van der Waals surface area (Å²) in [7, 11) is 0. The molecule has 4 nitrogen and oxygen atoms in total. The van der Waals surface area contributed by atoms with Gasteiger partial charge in [0.15, 0.2) is 0 Å². The molecule has 2 rings (SSSR count). The van der Waals surface area contributed by atoms with Crippen molar-refractivity contribution in [1.82, 2.24) is 4.90 Å². The van der Waals surface area contributed by atoms with Gasteiger partial charge in [-0.2, -0.15) is 0 Å². The third-order valence-electron chi connectivity index (χ3n) is 3.92. The molecule has 1 aliphatic heterocycles. The average molecular weight is 239 g/mol. The van der Waals surface area contributed by atoms with Gasteiger partial charge in [0.2, 0.25) is 11.8 Å². The molecule has 0 aromatic rings. The molecule has 17 heavy (non-hydrogen) atoms. The highest BCUT2D eigenvalue weighted by Crippen LogP contribution is 2.26. The van der Waals surface area contributed by atoms with E-state index in [0.717, 1.165) is 38.5 Å². The number of nitrogens with zero attached hydrogens (tertiary/aromatic N) is 1. The zero-order valence-electron chi connectivity index (χ0n) is 10.2. The summed E-state index contributed by atoms with van der Waals surface area (Å²) in [5.74, 6) is -0.00898. The molecule has 1 N–H and O–H groups in total. The van der Waals surface area contributed by atoms with E-state index < -0.39 is 0 Å². The third-order valence-corrected chi connectivity index (χ3v) is 3.92. The Kier molecular flexibility index (Phi) is 4.15. The van der Waals surface area contributed by atoms with Crippen LogP contribution in [0.5, 0.6) is 0 Å². The molecule has 1 saturated carbocycles. The van der Waals surface area contributed by atoms with E-state index in [0.29, 0.717) is 19.4 Å². The summed E-state index contributed by atoms with van der Waals surface area (Å²) in [6, 6.07) is 0. The van der Waals surface area contributed by atoms with Crippen molar-refractivity contribution in [2.24, 2.45) is 5.92 Å². The fourth-order valence-electron chi connectivity index (χ4n) is 2.80. The van der Waals surface area contributed by atoms with Gasteiger partial charge in [-0.05, 0) is 25.7 Å². The number of amides is 2. The minimum absolute atomic E-state index is 0.0507. The highest BCUT2D eigenvalue weighted by atomic mass is 16.3. The summed E-state index contributed by atoms with van der Waals surface area (Å²) < 4.78 is 0. The predicted molar refractivity (Wildman–Crippen MR) is 63.2 cm³/mol. The first-order chi connectivity index (χ1) is 8.18. The molecule has 0 radical (unpaired) electrons. The van der Waals surface area contributed by atoms with Crippen LogP contribution in [0.1, 0.15) is 51.4 Å². The molecular weight excluding hydrogens is 218 g/mol. The Hall–Kier alpha value is -0.900. The van der Waals surface area contributed by atoms with E-state index in [-0.39, 0.29) is 23.8 Å². The maximum atomic E-state index is 11.8. The highest BCUT2D eigenvalue weighted by Gasteiger charge is 2.30. The van der Waals surface area contributed by atoms with Gasteiger partial charge in [0.1, 0.15) is 0 Å². The summed E-state index contributed by atoms with van der Waals surface area (Å²) in [5, 5.41) is 9.89. The lowest BCUT2D eigenvalue weighted by molar-refractivity contribution is -0.145. The lowest BCUT2D eigenvalue weighted by atomic mass is 9.86. The van der Waals surface area contributed by atoms with Crippen LogP contribution in [0.25, 0.3) is 0 Å². The van der Waals surface area contributed by atoms with E-state index in [1.54, 1.807) is 0 Å². The van der Waals surface area contributed by atoms with Crippen LogP contribution in [0.2, 0.25) is 0 Å². The number of likely N-dealkylation sites (tertiary alicyclic amines) is 1. The fraction of sp³-hybridized carbons (Fsp3) is 0.846. The molecule has 2 aliphatic rings. The Morgan fingerprint density at radius 3 is 2.18 bits per heavy atom.